The first kappa shape index (κ1) is 18.8. The lowest BCUT2D eigenvalue weighted by molar-refractivity contribution is -0.113. The fourth-order valence-corrected chi connectivity index (χ4v) is 3.31. The normalized spacial score (nSPS) is 10.6. The Labute approximate surface area is 171 Å². The zero-order valence-electron chi connectivity index (χ0n) is 15.4. The summed E-state index contributed by atoms with van der Waals surface area (Å²) in [5.74, 6) is 2.36. The van der Waals surface area contributed by atoms with Crippen molar-refractivity contribution in [1.82, 2.24) is 14.8 Å². The van der Waals surface area contributed by atoms with Gasteiger partial charge in [0.1, 0.15) is 23.6 Å². The summed E-state index contributed by atoms with van der Waals surface area (Å²) in [6.07, 6.45) is 3.24. The van der Waals surface area contributed by atoms with Gasteiger partial charge in [0.2, 0.25) is 5.91 Å². The Bertz CT molecular complexity index is 1050. The molecule has 0 aliphatic heterocycles. The number of carbonyl (C=O) groups excluding carboxylic acids is 1. The van der Waals surface area contributed by atoms with Crippen molar-refractivity contribution in [3.05, 3.63) is 85.1 Å². The Morgan fingerprint density at radius 2 is 1.83 bits per heavy atom. The lowest BCUT2D eigenvalue weighted by atomic mass is 10.3. The fraction of sp³-hybridized carbons (Fsp3) is 0.0952. The van der Waals surface area contributed by atoms with Crippen molar-refractivity contribution in [1.29, 1.82) is 0 Å². The second-order valence-corrected chi connectivity index (χ2v) is 7.04. The molecule has 0 bridgehead atoms. The minimum absolute atomic E-state index is 0.126. The highest BCUT2D eigenvalue weighted by atomic mass is 32.2. The molecule has 0 saturated carbocycles. The number of furan rings is 1. The molecule has 2 aromatic carbocycles. The lowest BCUT2D eigenvalue weighted by Gasteiger charge is -2.08. The number of thioether (sulfide) groups is 1. The van der Waals surface area contributed by atoms with Gasteiger partial charge in [-0.2, -0.15) is 0 Å². The van der Waals surface area contributed by atoms with Gasteiger partial charge in [0, 0.05) is 5.69 Å². The van der Waals surface area contributed by atoms with Crippen LogP contribution in [0.5, 0.6) is 11.5 Å². The van der Waals surface area contributed by atoms with Crippen molar-refractivity contribution >= 4 is 23.4 Å². The van der Waals surface area contributed by atoms with E-state index in [-0.39, 0.29) is 11.7 Å². The maximum atomic E-state index is 12.3. The average Bonchev–Trinajstić information content (AvgIpc) is 3.41. The first-order valence-corrected chi connectivity index (χ1v) is 9.90. The summed E-state index contributed by atoms with van der Waals surface area (Å²) in [6.45, 7) is 0.521. The van der Waals surface area contributed by atoms with Crippen molar-refractivity contribution in [3.63, 3.8) is 0 Å². The monoisotopic (exact) mass is 406 g/mol. The van der Waals surface area contributed by atoms with Crippen LogP contribution in [0.15, 0.2) is 88.9 Å². The SMILES string of the molecule is O=C(CSc1nncn1Cc1ccco1)Nc1ccc(Oc2ccccc2)cc1. The van der Waals surface area contributed by atoms with Gasteiger partial charge in [-0.05, 0) is 48.5 Å². The van der Waals surface area contributed by atoms with E-state index in [2.05, 4.69) is 15.5 Å². The number of hydrogen-bond donors (Lipinski definition) is 1. The summed E-state index contributed by atoms with van der Waals surface area (Å²) in [6, 6.07) is 20.5. The van der Waals surface area contributed by atoms with Crippen LogP contribution in [-0.2, 0) is 11.3 Å². The standard InChI is InChI=1S/C21H18N4O3S/c26-20(14-29-21-24-22-15-25(21)13-19-7-4-12-27-19)23-16-8-10-18(11-9-16)28-17-5-2-1-3-6-17/h1-12,15H,13-14H2,(H,23,26). The smallest absolute Gasteiger partial charge is 0.234 e. The summed E-state index contributed by atoms with van der Waals surface area (Å²) in [5, 5.41) is 11.5. The van der Waals surface area contributed by atoms with Crippen LogP contribution in [0.1, 0.15) is 5.76 Å². The molecule has 0 aliphatic rings. The number of para-hydroxylation sites is 1. The number of carbonyl (C=O) groups is 1. The predicted octanol–water partition coefficient (Wildman–Crippen LogP) is 4.44. The topological polar surface area (TPSA) is 82.2 Å². The zero-order valence-corrected chi connectivity index (χ0v) is 16.2. The molecule has 0 saturated heterocycles. The molecule has 4 aromatic rings. The molecule has 7 nitrogen and oxygen atoms in total. The van der Waals surface area contributed by atoms with Crippen LogP contribution in [0, 0.1) is 0 Å². The summed E-state index contributed by atoms with van der Waals surface area (Å²) in [4.78, 5) is 12.3. The Morgan fingerprint density at radius 1 is 1.03 bits per heavy atom. The van der Waals surface area contributed by atoms with Crippen LogP contribution in [0.25, 0.3) is 0 Å². The van der Waals surface area contributed by atoms with Gasteiger partial charge in [0.25, 0.3) is 0 Å². The third-order valence-electron chi connectivity index (χ3n) is 3.94. The second kappa shape index (κ2) is 9.11. The van der Waals surface area contributed by atoms with Crippen LogP contribution >= 0.6 is 11.8 Å². The van der Waals surface area contributed by atoms with E-state index in [4.69, 9.17) is 9.15 Å². The van der Waals surface area contributed by atoms with Crippen LogP contribution < -0.4 is 10.1 Å². The van der Waals surface area contributed by atoms with Crippen molar-refractivity contribution in [2.75, 3.05) is 11.1 Å². The van der Waals surface area contributed by atoms with E-state index in [0.717, 1.165) is 11.5 Å². The quantitative estimate of drug-likeness (QED) is 0.436. The lowest BCUT2D eigenvalue weighted by Crippen LogP contribution is -2.14. The minimum atomic E-state index is -0.126. The van der Waals surface area contributed by atoms with Crippen LogP contribution in [-0.4, -0.2) is 26.4 Å². The molecule has 29 heavy (non-hydrogen) atoms. The van der Waals surface area contributed by atoms with Gasteiger partial charge in [0.05, 0.1) is 18.6 Å². The van der Waals surface area contributed by atoms with Gasteiger partial charge in [-0.15, -0.1) is 10.2 Å². The van der Waals surface area contributed by atoms with Crippen LogP contribution in [0.4, 0.5) is 5.69 Å². The van der Waals surface area contributed by atoms with Gasteiger partial charge in [0.15, 0.2) is 5.16 Å². The molecule has 2 aromatic heterocycles. The number of aromatic nitrogens is 3. The molecule has 2 heterocycles. The van der Waals surface area contributed by atoms with Crippen LogP contribution in [0.2, 0.25) is 0 Å². The van der Waals surface area contributed by atoms with Gasteiger partial charge < -0.3 is 19.0 Å². The number of benzene rings is 2. The molecule has 8 heteroatoms. The summed E-state index contributed by atoms with van der Waals surface area (Å²) < 4.78 is 12.9. The Balaban J connectivity index is 1.28. The zero-order chi connectivity index (χ0) is 19.9. The molecular weight excluding hydrogens is 388 g/mol. The third kappa shape index (κ3) is 5.26. The molecule has 146 valence electrons. The molecule has 0 spiro atoms. The van der Waals surface area contributed by atoms with E-state index in [0.29, 0.717) is 23.1 Å². The summed E-state index contributed by atoms with van der Waals surface area (Å²) >= 11 is 1.32. The molecule has 1 N–H and O–H groups in total. The van der Waals surface area contributed by atoms with Crippen molar-refractivity contribution in [3.8, 4) is 11.5 Å². The number of ether oxygens (including phenoxy) is 1. The van der Waals surface area contributed by atoms with Gasteiger partial charge in [-0.3, -0.25) is 4.79 Å². The number of hydrogen-bond acceptors (Lipinski definition) is 6. The largest absolute Gasteiger partial charge is 0.467 e. The molecule has 0 fully saturated rings. The first-order valence-electron chi connectivity index (χ1n) is 8.92. The van der Waals surface area contributed by atoms with Crippen molar-refractivity contribution in [2.45, 2.75) is 11.7 Å². The number of anilines is 1. The molecule has 0 atom stereocenters. The molecule has 4 rings (SSSR count). The highest BCUT2D eigenvalue weighted by Gasteiger charge is 2.10. The van der Waals surface area contributed by atoms with E-state index in [9.17, 15) is 4.79 Å². The van der Waals surface area contributed by atoms with Gasteiger partial charge in [-0.25, -0.2) is 0 Å². The van der Waals surface area contributed by atoms with Gasteiger partial charge >= 0.3 is 0 Å². The Kier molecular flexibility index (Phi) is 5.92. The Hall–Kier alpha value is -3.52. The summed E-state index contributed by atoms with van der Waals surface area (Å²) in [5.41, 5.74) is 0.702. The molecule has 0 radical (unpaired) electrons. The second-order valence-electron chi connectivity index (χ2n) is 6.10. The average molecular weight is 406 g/mol. The van der Waals surface area contributed by atoms with Crippen LogP contribution in [0.3, 0.4) is 0 Å². The van der Waals surface area contributed by atoms with Gasteiger partial charge in [-0.1, -0.05) is 30.0 Å². The maximum absolute atomic E-state index is 12.3. The number of nitrogens with zero attached hydrogens (tertiary/aromatic N) is 3. The van der Waals surface area contributed by atoms with E-state index >= 15 is 0 Å². The number of rotatable bonds is 8. The van der Waals surface area contributed by atoms with Crippen molar-refractivity contribution < 1.29 is 13.9 Å². The molecule has 0 unspecified atom stereocenters. The number of nitrogens with one attached hydrogen (secondary N) is 1. The first-order chi connectivity index (χ1) is 14.3. The molecular formula is C21H18N4O3S. The molecule has 0 aliphatic carbocycles. The van der Waals surface area contributed by atoms with E-state index in [1.807, 2.05) is 59.2 Å². The van der Waals surface area contributed by atoms with E-state index < -0.39 is 0 Å². The van der Waals surface area contributed by atoms with E-state index in [1.165, 1.54) is 11.8 Å². The highest BCUT2D eigenvalue weighted by Crippen LogP contribution is 2.23. The highest BCUT2D eigenvalue weighted by molar-refractivity contribution is 7.99. The molecule has 1 amide bonds. The fourth-order valence-electron chi connectivity index (χ4n) is 2.59. The van der Waals surface area contributed by atoms with Crippen molar-refractivity contribution in [2.24, 2.45) is 0 Å². The minimum Gasteiger partial charge on any atom is -0.467 e. The van der Waals surface area contributed by atoms with E-state index in [1.54, 1.807) is 24.7 Å². The maximum Gasteiger partial charge on any atom is 0.234 e. The number of amides is 1. The third-order valence-corrected chi connectivity index (χ3v) is 4.92. The Morgan fingerprint density at radius 3 is 2.59 bits per heavy atom. The predicted molar refractivity (Wildman–Crippen MR) is 110 cm³/mol. The summed E-state index contributed by atoms with van der Waals surface area (Å²) in [7, 11) is 0.